The molecule has 0 aromatic heterocycles. The minimum Gasteiger partial charge on any atom is -0.379 e. The van der Waals surface area contributed by atoms with Crippen molar-refractivity contribution >= 4 is 5.84 Å². The van der Waals surface area contributed by atoms with Gasteiger partial charge in [-0.2, -0.15) is 0 Å². The van der Waals surface area contributed by atoms with Crippen LogP contribution in [0, 0.1) is 0 Å². The van der Waals surface area contributed by atoms with Crippen LogP contribution in [0.4, 0.5) is 0 Å². The topological polar surface area (TPSA) is 33.6 Å². The molecular formula is C9H16N2O. The highest BCUT2D eigenvalue weighted by Gasteiger charge is 2.30. The zero-order chi connectivity index (χ0) is 8.44. The number of hydrogen-bond acceptors (Lipinski definition) is 3. The first-order valence-electron chi connectivity index (χ1n) is 4.68. The Balaban J connectivity index is 1.92. The van der Waals surface area contributed by atoms with Crippen molar-refractivity contribution in [3.63, 3.8) is 0 Å². The van der Waals surface area contributed by atoms with Gasteiger partial charge < -0.3 is 10.1 Å². The quantitative estimate of drug-likeness (QED) is 0.632. The summed E-state index contributed by atoms with van der Waals surface area (Å²) in [4.78, 5) is 4.39. The van der Waals surface area contributed by atoms with E-state index in [1.807, 2.05) is 0 Å². The van der Waals surface area contributed by atoms with E-state index in [4.69, 9.17) is 4.74 Å². The highest BCUT2D eigenvalue weighted by Crippen LogP contribution is 2.18. The molecule has 3 heteroatoms. The van der Waals surface area contributed by atoms with E-state index in [1.54, 1.807) is 0 Å². The molecular weight excluding hydrogens is 152 g/mol. The third-order valence-electron chi connectivity index (χ3n) is 2.54. The molecule has 0 saturated carbocycles. The van der Waals surface area contributed by atoms with Crippen LogP contribution in [0.5, 0.6) is 0 Å². The lowest BCUT2D eigenvalue weighted by Gasteiger charge is -2.24. The molecule has 0 spiro atoms. The van der Waals surface area contributed by atoms with Crippen LogP contribution in [0.25, 0.3) is 0 Å². The van der Waals surface area contributed by atoms with Crippen molar-refractivity contribution in [1.29, 1.82) is 0 Å². The van der Waals surface area contributed by atoms with Crippen LogP contribution in [-0.4, -0.2) is 31.1 Å². The van der Waals surface area contributed by atoms with Gasteiger partial charge in [0.15, 0.2) is 0 Å². The summed E-state index contributed by atoms with van der Waals surface area (Å²) >= 11 is 0. The molecule has 0 amide bonds. The lowest BCUT2D eigenvalue weighted by Crippen LogP contribution is -2.45. The minimum absolute atomic E-state index is 0.156. The van der Waals surface area contributed by atoms with E-state index in [1.165, 1.54) is 12.3 Å². The molecule has 1 saturated heterocycles. The van der Waals surface area contributed by atoms with Gasteiger partial charge in [0.1, 0.15) is 0 Å². The van der Waals surface area contributed by atoms with E-state index < -0.39 is 0 Å². The van der Waals surface area contributed by atoms with E-state index in [9.17, 15) is 0 Å². The molecule has 0 radical (unpaired) electrons. The Hall–Kier alpha value is -0.570. The molecule has 2 aliphatic heterocycles. The van der Waals surface area contributed by atoms with Crippen molar-refractivity contribution in [2.24, 2.45) is 4.99 Å². The second kappa shape index (κ2) is 3.05. The highest BCUT2D eigenvalue weighted by atomic mass is 16.5. The summed E-state index contributed by atoms with van der Waals surface area (Å²) < 4.78 is 5.35. The molecule has 2 aliphatic rings. The number of ether oxygens (including phenoxy) is 1. The minimum atomic E-state index is 0.156. The highest BCUT2D eigenvalue weighted by molar-refractivity contribution is 5.84. The first-order valence-corrected chi connectivity index (χ1v) is 4.68. The molecule has 0 bridgehead atoms. The molecule has 2 rings (SSSR count). The average molecular weight is 168 g/mol. The molecule has 12 heavy (non-hydrogen) atoms. The molecule has 1 atom stereocenters. The van der Waals surface area contributed by atoms with Crippen LogP contribution in [-0.2, 0) is 4.74 Å². The Bertz CT molecular complexity index is 195. The number of aliphatic imine (C=N–C) groups is 1. The summed E-state index contributed by atoms with van der Waals surface area (Å²) in [6, 6.07) is 0. The zero-order valence-electron chi connectivity index (χ0n) is 7.60. The summed E-state index contributed by atoms with van der Waals surface area (Å²) in [6.45, 7) is 4.92. The van der Waals surface area contributed by atoms with Gasteiger partial charge in [0.2, 0.25) is 0 Å². The molecule has 2 heterocycles. The Morgan fingerprint density at radius 2 is 2.50 bits per heavy atom. The van der Waals surface area contributed by atoms with Crippen molar-refractivity contribution < 1.29 is 4.74 Å². The van der Waals surface area contributed by atoms with Gasteiger partial charge in [-0.25, -0.2) is 0 Å². The fourth-order valence-electron chi connectivity index (χ4n) is 1.76. The Morgan fingerprint density at radius 1 is 1.58 bits per heavy atom. The second-order valence-corrected chi connectivity index (χ2v) is 3.92. The van der Waals surface area contributed by atoms with E-state index in [0.717, 1.165) is 32.6 Å². The lowest BCUT2D eigenvalue weighted by atomic mass is 10.0. The zero-order valence-corrected chi connectivity index (χ0v) is 7.60. The molecule has 0 aromatic carbocycles. The summed E-state index contributed by atoms with van der Waals surface area (Å²) in [5, 5.41) is 3.48. The maximum Gasteiger partial charge on any atom is 0.0968 e. The summed E-state index contributed by atoms with van der Waals surface area (Å²) in [6.07, 6.45) is 3.43. The van der Waals surface area contributed by atoms with Gasteiger partial charge in [0.25, 0.3) is 0 Å². The average Bonchev–Trinajstić information content (AvgIpc) is 2.62. The van der Waals surface area contributed by atoms with Crippen LogP contribution in [0.1, 0.15) is 26.2 Å². The number of rotatable bonds is 1. The van der Waals surface area contributed by atoms with Gasteiger partial charge in [0, 0.05) is 19.6 Å². The first-order chi connectivity index (χ1) is 5.79. The molecule has 1 N–H and O–H groups in total. The van der Waals surface area contributed by atoms with Crippen LogP contribution >= 0.6 is 0 Å². The van der Waals surface area contributed by atoms with Gasteiger partial charge in [0.05, 0.1) is 18.0 Å². The monoisotopic (exact) mass is 168 g/mol. The van der Waals surface area contributed by atoms with E-state index >= 15 is 0 Å². The van der Waals surface area contributed by atoms with Crippen molar-refractivity contribution in [2.45, 2.75) is 31.7 Å². The summed E-state index contributed by atoms with van der Waals surface area (Å²) in [5.74, 6) is 1.18. The van der Waals surface area contributed by atoms with E-state index in [2.05, 4.69) is 17.2 Å². The largest absolute Gasteiger partial charge is 0.379 e. The lowest BCUT2D eigenvalue weighted by molar-refractivity contribution is 0.177. The number of nitrogens with one attached hydrogen (secondary N) is 1. The van der Waals surface area contributed by atoms with Gasteiger partial charge in [-0.15, -0.1) is 0 Å². The fraction of sp³-hybridized carbons (Fsp3) is 0.889. The number of hydrogen-bond donors (Lipinski definition) is 1. The smallest absolute Gasteiger partial charge is 0.0968 e. The number of nitrogens with zero attached hydrogens (tertiary/aromatic N) is 1. The van der Waals surface area contributed by atoms with Crippen molar-refractivity contribution in [1.82, 2.24) is 5.32 Å². The Labute approximate surface area is 73.2 Å². The molecule has 0 aromatic rings. The van der Waals surface area contributed by atoms with Crippen molar-refractivity contribution in [2.75, 3.05) is 19.8 Å². The first kappa shape index (κ1) is 8.05. The Morgan fingerprint density at radius 3 is 3.08 bits per heavy atom. The van der Waals surface area contributed by atoms with Gasteiger partial charge in [-0.05, 0) is 19.8 Å². The molecule has 3 nitrogen and oxygen atoms in total. The fourth-order valence-corrected chi connectivity index (χ4v) is 1.76. The number of amidine groups is 1. The van der Waals surface area contributed by atoms with Gasteiger partial charge in [-0.1, -0.05) is 0 Å². The molecule has 1 fully saturated rings. The molecule has 0 aliphatic carbocycles. The van der Waals surface area contributed by atoms with Crippen molar-refractivity contribution in [3.8, 4) is 0 Å². The predicted octanol–water partition coefficient (Wildman–Crippen LogP) is 0.947. The predicted molar refractivity (Wildman–Crippen MR) is 48.5 cm³/mol. The van der Waals surface area contributed by atoms with E-state index in [-0.39, 0.29) is 5.54 Å². The van der Waals surface area contributed by atoms with Gasteiger partial charge in [-0.3, -0.25) is 4.99 Å². The standard InChI is InChI=1S/C9H16N2O/c1-9(4-6-12-7-9)11-8-3-2-5-10-8/h2-7H2,1H3,(H,10,11). The molecule has 1 unspecified atom stereocenters. The van der Waals surface area contributed by atoms with Crippen LogP contribution in [0.3, 0.4) is 0 Å². The van der Waals surface area contributed by atoms with Crippen LogP contribution < -0.4 is 5.32 Å². The normalized spacial score (nSPS) is 35.2. The van der Waals surface area contributed by atoms with Crippen molar-refractivity contribution in [3.05, 3.63) is 0 Å². The molecule has 68 valence electrons. The Kier molecular flexibility index (Phi) is 2.05. The third kappa shape index (κ3) is 1.61. The maximum absolute atomic E-state index is 5.35. The van der Waals surface area contributed by atoms with Gasteiger partial charge >= 0.3 is 0 Å². The van der Waals surface area contributed by atoms with E-state index in [0.29, 0.717) is 0 Å². The summed E-state index contributed by atoms with van der Waals surface area (Å²) in [5.41, 5.74) is 0.156. The second-order valence-electron chi connectivity index (χ2n) is 3.92. The maximum atomic E-state index is 5.35. The SMILES string of the molecule is CC1(NC2=NCCC2)CCOC1. The third-order valence-corrected chi connectivity index (χ3v) is 2.54. The van der Waals surface area contributed by atoms with Crippen LogP contribution in [0.15, 0.2) is 4.99 Å². The summed E-state index contributed by atoms with van der Waals surface area (Å²) in [7, 11) is 0. The van der Waals surface area contributed by atoms with Crippen LogP contribution in [0.2, 0.25) is 0 Å².